The number of rotatable bonds is 7. The quantitative estimate of drug-likeness (QED) is 0.286. The number of nitrogens with zero attached hydrogens (tertiary/aromatic N) is 3. The summed E-state index contributed by atoms with van der Waals surface area (Å²) in [5.74, 6) is -1.73. The number of nitrogens with one attached hydrogen (secondary N) is 1. The fraction of sp³-hybridized carbons (Fsp3) is 0.320. The van der Waals surface area contributed by atoms with E-state index in [1.165, 1.54) is 48.2 Å². The average molecular weight is 542 g/mol. The molecule has 3 rings (SSSR count). The van der Waals surface area contributed by atoms with E-state index in [4.69, 9.17) is 5.11 Å². The molecule has 0 spiro atoms. The van der Waals surface area contributed by atoms with Crippen molar-refractivity contribution < 1.29 is 41.0 Å². The standard InChI is InChI=1S/C25H24F6N4O3/c1-15(21(36)33-16(2)18-6-8-19(9-7-18)23(37)38)22-34(10-11-35(22)32-14-24(26,27)28)13-17-4-3-5-20(12-17)25(29,30)31/h3-9,12,14,16H,10-11,13H2,1-2H3,(H,33,36)(H,37,38)/b22-15+,32-14+/t16-/m0/s1. The third-order valence-corrected chi connectivity index (χ3v) is 5.78. The molecule has 1 saturated heterocycles. The van der Waals surface area contributed by atoms with Crippen LogP contribution in [0.4, 0.5) is 26.3 Å². The van der Waals surface area contributed by atoms with Crippen molar-refractivity contribution in [1.29, 1.82) is 0 Å². The molecule has 1 heterocycles. The number of carbonyl (C=O) groups is 2. The molecular formula is C25H24F6N4O3. The van der Waals surface area contributed by atoms with E-state index in [0.29, 0.717) is 5.56 Å². The van der Waals surface area contributed by atoms with Gasteiger partial charge in [-0.15, -0.1) is 0 Å². The molecule has 1 amide bonds. The molecule has 204 valence electrons. The lowest BCUT2D eigenvalue weighted by molar-refractivity contribution is -0.137. The summed E-state index contributed by atoms with van der Waals surface area (Å²) >= 11 is 0. The summed E-state index contributed by atoms with van der Waals surface area (Å²) in [6, 6.07) is 9.72. The molecule has 2 N–H and O–H groups in total. The van der Waals surface area contributed by atoms with Crippen LogP contribution in [0.15, 0.2) is 65.0 Å². The molecule has 0 radical (unpaired) electrons. The second kappa shape index (κ2) is 11.2. The summed E-state index contributed by atoms with van der Waals surface area (Å²) in [5, 5.41) is 16.2. The third kappa shape index (κ3) is 7.26. The van der Waals surface area contributed by atoms with Crippen LogP contribution in [0, 0.1) is 0 Å². The Morgan fingerprint density at radius 2 is 1.74 bits per heavy atom. The van der Waals surface area contributed by atoms with Gasteiger partial charge in [0, 0.05) is 13.1 Å². The largest absolute Gasteiger partial charge is 0.478 e. The second-order valence-electron chi connectivity index (χ2n) is 8.60. The summed E-state index contributed by atoms with van der Waals surface area (Å²) in [5.41, 5.74) is 0.0195. The lowest BCUT2D eigenvalue weighted by Crippen LogP contribution is -2.32. The number of hydrogen-bond donors (Lipinski definition) is 2. The fourth-order valence-electron chi connectivity index (χ4n) is 3.89. The highest BCUT2D eigenvalue weighted by Gasteiger charge is 2.33. The van der Waals surface area contributed by atoms with Gasteiger partial charge in [-0.25, -0.2) is 9.80 Å². The highest BCUT2D eigenvalue weighted by Crippen LogP contribution is 2.31. The minimum atomic E-state index is -4.72. The highest BCUT2D eigenvalue weighted by atomic mass is 19.4. The molecule has 2 aromatic rings. The Bertz CT molecular complexity index is 1240. The maximum absolute atomic E-state index is 13.2. The van der Waals surface area contributed by atoms with Crippen LogP contribution in [0.25, 0.3) is 0 Å². The third-order valence-electron chi connectivity index (χ3n) is 5.78. The van der Waals surface area contributed by atoms with E-state index in [2.05, 4.69) is 10.4 Å². The SMILES string of the molecule is C/C(C(=O)N[C@@H](C)c1ccc(C(=O)O)cc1)=C1/N(Cc2cccc(C(F)(F)F)c2)CCN1/N=C/C(F)(F)F. The lowest BCUT2D eigenvalue weighted by Gasteiger charge is -2.25. The number of carboxylic acid groups (broad SMARTS) is 1. The van der Waals surface area contributed by atoms with E-state index in [0.717, 1.165) is 17.1 Å². The lowest BCUT2D eigenvalue weighted by atomic mass is 10.1. The molecule has 0 aromatic heterocycles. The van der Waals surface area contributed by atoms with E-state index >= 15 is 0 Å². The van der Waals surface area contributed by atoms with Gasteiger partial charge in [0.05, 0.1) is 29.3 Å². The molecule has 0 saturated carbocycles. The normalized spacial score (nSPS) is 16.6. The van der Waals surface area contributed by atoms with Crippen molar-refractivity contribution in [1.82, 2.24) is 15.2 Å². The molecule has 7 nitrogen and oxygen atoms in total. The first kappa shape index (κ1) is 28.5. The van der Waals surface area contributed by atoms with Crippen molar-refractivity contribution in [3.05, 3.63) is 82.2 Å². The maximum Gasteiger partial charge on any atom is 0.428 e. The molecule has 0 bridgehead atoms. The van der Waals surface area contributed by atoms with Crippen molar-refractivity contribution in [2.75, 3.05) is 13.1 Å². The van der Waals surface area contributed by atoms with Crippen LogP contribution in [0.2, 0.25) is 0 Å². The van der Waals surface area contributed by atoms with Crippen molar-refractivity contribution in [3.63, 3.8) is 0 Å². The Balaban J connectivity index is 1.89. The summed E-state index contributed by atoms with van der Waals surface area (Å²) in [7, 11) is 0. The van der Waals surface area contributed by atoms with Crippen LogP contribution >= 0.6 is 0 Å². The number of alkyl halides is 6. The number of benzene rings is 2. The molecule has 1 fully saturated rings. The Kier molecular flexibility index (Phi) is 8.38. The van der Waals surface area contributed by atoms with Crippen LogP contribution in [0.3, 0.4) is 0 Å². The number of carbonyl (C=O) groups excluding carboxylic acids is 1. The molecule has 1 atom stereocenters. The molecular weight excluding hydrogens is 518 g/mol. The number of aromatic carboxylic acids is 1. The minimum Gasteiger partial charge on any atom is -0.478 e. The van der Waals surface area contributed by atoms with Crippen LogP contribution in [-0.4, -0.2) is 52.4 Å². The Labute approximate surface area is 214 Å². The van der Waals surface area contributed by atoms with Gasteiger partial charge < -0.3 is 15.3 Å². The number of amides is 1. The van der Waals surface area contributed by atoms with Crippen LogP contribution < -0.4 is 5.32 Å². The van der Waals surface area contributed by atoms with Gasteiger partial charge in [0.1, 0.15) is 12.0 Å². The van der Waals surface area contributed by atoms with Crippen molar-refractivity contribution in [2.45, 2.75) is 38.8 Å². The average Bonchev–Trinajstić information content (AvgIpc) is 3.23. The smallest absolute Gasteiger partial charge is 0.428 e. The number of halogens is 6. The minimum absolute atomic E-state index is 0.00260. The summed E-state index contributed by atoms with van der Waals surface area (Å²) in [6.45, 7) is 3.00. The van der Waals surface area contributed by atoms with Crippen molar-refractivity contribution in [2.24, 2.45) is 5.10 Å². The predicted molar refractivity (Wildman–Crippen MR) is 126 cm³/mol. The fourth-order valence-corrected chi connectivity index (χ4v) is 3.89. The van der Waals surface area contributed by atoms with Gasteiger partial charge in [-0.1, -0.05) is 24.3 Å². The van der Waals surface area contributed by atoms with Gasteiger partial charge in [-0.3, -0.25) is 4.79 Å². The Morgan fingerprint density at radius 1 is 1.08 bits per heavy atom. The highest BCUT2D eigenvalue weighted by molar-refractivity contribution is 5.93. The van der Waals surface area contributed by atoms with Crippen LogP contribution in [-0.2, 0) is 17.5 Å². The maximum atomic E-state index is 13.2. The molecule has 0 aliphatic carbocycles. The Morgan fingerprint density at radius 3 is 2.32 bits per heavy atom. The second-order valence-corrected chi connectivity index (χ2v) is 8.60. The molecule has 1 aliphatic rings. The van der Waals surface area contributed by atoms with E-state index in [9.17, 15) is 35.9 Å². The molecule has 38 heavy (non-hydrogen) atoms. The summed E-state index contributed by atoms with van der Waals surface area (Å²) < 4.78 is 77.9. The first-order chi connectivity index (χ1) is 17.7. The Hall–Kier alpha value is -4.03. The van der Waals surface area contributed by atoms with Crippen molar-refractivity contribution in [3.8, 4) is 0 Å². The number of hydrazone groups is 1. The van der Waals surface area contributed by atoms with E-state index in [-0.39, 0.29) is 48.4 Å². The zero-order valence-corrected chi connectivity index (χ0v) is 20.3. The van der Waals surface area contributed by atoms with E-state index in [1.807, 2.05) is 0 Å². The first-order valence-corrected chi connectivity index (χ1v) is 11.3. The van der Waals surface area contributed by atoms with Gasteiger partial charge in [0.2, 0.25) is 0 Å². The topological polar surface area (TPSA) is 85.2 Å². The first-order valence-electron chi connectivity index (χ1n) is 11.3. The van der Waals surface area contributed by atoms with Gasteiger partial charge in [0.25, 0.3) is 5.91 Å². The van der Waals surface area contributed by atoms with E-state index in [1.54, 1.807) is 6.92 Å². The van der Waals surface area contributed by atoms with Gasteiger partial charge in [-0.2, -0.15) is 31.4 Å². The molecule has 13 heteroatoms. The van der Waals surface area contributed by atoms with Gasteiger partial charge in [0.15, 0.2) is 0 Å². The predicted octanol–water partition coefficient (Wildman–Crippen LogP) is 5.18. The van der Waals surface area contributed by atoms with Crippen molar-refractivity contribution >= 4 is 18.1 Å². The molecule has 2 aromatic carbocycles. The number of carboxylic acids is 1. The van der Waals surface area contributed by atoms with Gasteiger partial charge >= 0.3 is 18.3 Å². The van der Waals surface area contributed by atoms with Crippen LogP contribution in [0.5, 0.6) is 0 Å². The number of hydrogen-bond acceptors (Lipinski definition) is 5. The van der Waals surface area contributed by atoms with Crippen LogP contribution in [0.1, 0.15) is 46.9 Å². The van der Waals surface area contributed by atoms with E-state index < -0.39 is 35.8 Å². The zero-order chi connectivity index (χ0) is 28.3. The zero-order valence-electron chi connectivity index (χ0n) is 20.3. The molecule has 1 aliphatic heterocycles. The monoisotopic (exact) mass is 542 g/mol. The summed E-state index contributed by atoms with van der Waals surface area (Å²) in [6.07, 6.45) is -9.51. The van der Waals surface area contributed by atoms with Gasteiger partial charge in [-0.05, 0) is 49.2 Å². The molecule has 0 unspecified atom stereocenters. The summed E-state index contributed by atoms with van der Waals surface area (Å²) in [4.78, 5) is 25.6.